The van der Waals surface area contributed by atoms with Gasteiger partial charge in [0.2, 0.25) is 0 Å². The van der Waals surface area contributed by atoms with Gasteiger partial charge in [-0.2, -0.15) is 0 Å². The Balaban J connectivity index is 2.59. The quantitative estimate of drug-likeness (QED) is 0.776. The number of hydrogen-bond donors (Lipinski definition) is 2. The predicted octanol–water partition coefficient (Wildman–Crippen LogP) is 1.92. The SMILES string of the molecule is CCc1cc(NC(C)CC(=O)O)ccn1. The number of carboxylic acids is 1. The van der Waals surface area contributed by atoms with E-state index in [1.165, 1.54) is 0 Å². The van der Waals surface area contributed by atoms with Crippen molar-refractivity contribution >= 4 is 11.7 Å². The molecule has 1 aromatic rings. The summed E-state index contributed by atoms with van der Waals surface area (Å²) in [6, 6.07) is 3.71. The fourth-order valence-electron chi connectivity index (χ4n) is 1.36. The first-order chi connectivity index (χ1) is 7.11. The summed E-state index contributed by atoms with van der Waals surface area (Å²) in [7, 11) is 0. The molecule has 0 aliphatic rings. The van der Waals surface area contributed by atoms with Gasteiger partial charge in [0.15, 0.2) is 0 Å². The first-order valence-corrected chi connectivity index (χ1v) is 5.05. The highest BCUT2D eigenvalue weighted by Gasteiger charge is 2.07. The maximum atomic E-state index is 10.5. The third kappa shape index (κ3) is 3.97. The third-order valence-electron chi connectivity index (χ3n) is 2.07. The minimum Gasteiger partial charge on any atom is -0.481 e. The Kier molecular flexibility index (Phi) is 4.09. The zero-order valence-corrected chi connectivity index (χ0v) is 9.03. The van der Waals surface area contributed by atoms with E-state index in [9.17, 15) is 4.79 Å². The average molecular weight is 208 g/mol. The van der Waals surface area contributed by atoms with Crippen LogP contribution >= 0.6 is 0 Å². The lowest BCUT2D eigenvalue weighted by Crippen LogP contribution is -2.19. The minimum absolute atomic E-state index is 0.0744. The molecule has 0 fully saturated rings. The van der Waals surface area contributed by atoms with E-state index >= 15 is 0 Å². The van der Waals surface area contributed by atoms with Crippen molar-refractivity contribution in [3.63, 3.8) is 0 Å². The largest absolute Gasteiger partial charge is 0.481 e. The predicted molar refractivity (Wildman–Crippen MR) is 59.0 cm³/mol. The zero-order valence-electron chi connectivity index (χ0n) is 9.03. The van der Waals surface area contributed by atoms with Crippen LogP contribution in [0.15, 0.2) is 18.3 Å². The Morgan fingerprint density at radius 3 is 3.00 bits per heavy atom. The standard InChI is InChI=1S/C11H16N2O2/c1-3-9-7-10(4-5-12-9)13-8(2)6-11(14)15/h4-5,7-8H,3,6H2,1-2H3,(H,12,13)(H,14,15). The molecule has 82 valence electrons. The second-order valence-electron chi connectivity index (χ2n) is 3.53. The molecule has 2 N–H and O–H groups in total. The number of rotatable bonds is 5. The number of carboxylic acid groups (broad SMARTS) is 1. The molecule has 0 amide bonds. The van der Waals surface area contributed by atoms with Gasteiger partial charge in [-0.3, -0.25) is 9.78 Å². The van der Waals surface area contributed by atoms with Crippen LogP contribution in [-0.2, 0) is 11.2 Å². The van der Waals surface area contributed by atoms with Crippen molar-refractivity contribution in [1.29, 1.82) is 0 Å². The maximum absolute atomic E-state index is 10.5. The van der Waals surface area contributed by atoms with Gasteiger partial charge >= 0.3 is 5.97 Å². The Bertz CT molecular complexity index is 339. The van der Waals surface area contributed by atoms with Crippen LogP contribution in [-0.4, -0.2) is 22.1 Å². The van der Waals surface area contributed by atoms with Gasteiger partial charge in [0.25, 0.3) is 0 Å². The van der Waals surface area contributed by atoms with E-state index in [0.29, 0.717) is 0 Å². The number of hydrogen-bond acceptors (Lipinski definition) is 3. The fourth-order valence-corrected chi connectivity index (χ4v) is 1.36. The molecule has 1 heterocycles. The van der Waals surface area contributed by atoms with Gasteiger partial charge in [0.05, 0.1) is 6.42 Å². The van der Waals surface area contributed by atoms with E-state index in [-0.39, 0.29) is 12.5 Å². The summed E-state index contributed by atoms with van der Waals surface area (Å²) in [5.74, 6) is -0.792. The van der Waals surface area contributed by atoms with Gasteiger partial charge in [-0.05, 0) is 25.5 Å². The highest BCUT2D eigenvalue weighted by Crippen LogP contribution is 2.10. The van der Waals surface area contributed by atoms with Crippen molar-refractivity contribution < 1.29 is 9.90 Å². The van der Waals surface area contributed by atoms with Crippen LogP contribution in [0.5, 0.6) is 0 Å². The first kappa shape index (κ1) is 11.5. The van der Waals surface area contributed by atoms with Gasteiger partial charge < -0.3 is 10.4 Å². The summed E-state index contributed by atoms with van der Waals surface area (Å²) in [6.07, 6.45) is 2.72. The summed E-state index contributed by atoms with van der Waals surface area (Å²) in [4.78, 5) is 14.6. The van der Waals surface area contributed by atoms with Gasteiger partial charge in [-0.25, -0.2) is 0 Å². The topological polar surface area (TPSA) is 62.2 Å². The molecule has 0 aromatic carbocycles. The van der Waals surface area contributed by atoms with Crippen molar-refractivity contribution in [2.75, 3.05) is 5.32 Å². The van der Waals surface area contributed by atoms with Crippen LogP contribution in [0.1, 0.15) is 26.0 Å². The van der Waals surface area contributed by atoms with Crippen LogP contribution in [0.25, 0.3) is 0 Å². The molecule has 1 aromatic heterocycles. The molecule has 0 aliphatic carbocycles. The van der Waals surface area contributed by atoms with E-state index in [4.69, 9.17) is 5.11 Å². The molecule has 0 saturated heterocycles. The highest BCUT2D eigenvalue weighted by atomic mass is 16.4. The van der Waals surface area contributed by atoms with E-state index in [1.807, 2.05) is 26.0 Å². The number of anilines is 1. The Hall–Kier alpha value is -1.58. The number of aliphatic carboxylic acids is 1. The molecular weight excluding hydrogens is 192 g/mol. The van der Waals surface area contributed by atoms with Crippen molar-refractivity contribution in [3.05, 3.63) is 24.0 Å². The second kappa shape index (κ2) is 5.34. The molecule has 15 heavy (non-hydrogen) atoms. The Labute approximate surface area is 89.3 Å². The van der Waals surface area contributed by atoms with Crippen LogP contribution < -0.4 is 5.32 Å². The zero-order chi connectivity index (χ0) is 11.3. The van der Waals surface area contributed by atoms with Crippen molar-refractivity contribution in [3.8, 4) is 0 Å². The number of nitrogens with one attached hydrogen (secondary N) is 1. The van der Waals surface area contributed by atoms with Gasteiger partial charge in [-0.1, -0.05) is 6.92 Å². The van der Waals surface area contributed by atoms with Crippen molar-refractivity contribution in [2.45, 2.75) is 32.7 Å². The molecule has 1 atom stereocenters. The number of aromatic nitrogens is 1. The van der Waals surface area contributed by atoms with Crippen LogP contribution in [0.3, 0.4) is 0 Å². The summed E-state index contributed by atoms with van der Waals surface area (Å²) in [6.45, 7) is 3.88. The Morgan fingerprint density at radius 1 is 1.67 bits per heavy atom. The number of pyridine rings is 1. The van der Waals surface area contributed by atoms with Crippen LogP contribution in [0, 0.1) is 0 Å². The van der Waals surface area contributed by atoms with E-state index < -0.39 is 5.97 Å². The third-order valence-corrected chi connectivity index (χ3v) is 2.07. The van der Waals surface area contributed by atoms with Crippen LogP contribution in [0.4, 0.5) is 5.69 Å². The monoisotopic (exact) mass is 208 g/mol. The molecule has 0 spiro atoms. The molecule has 0 aliphatic heterocycles. The Morgan fingerprint density at radius 2 is 2.40 bits per heavy atom. The van der Waals surface area contributed by atoms with Gasteiger partial charge in [-0.15, -0.1) is 0 Å². The summed E-state index contributed by atoms with van der Waals surface area (Å²) >= 11 is 0. The average Bonchev–Trinajstić information content (AvgIpc) is 2.16. The second-order valence-corrected chi connectivity index (χ2v) is 3.53. The summed E-state index contributed by atoms with van der Waals surface area (Å²) in [5.41, 5.74) is 1.93. The maximum Gasteiger partial charge on any atom is 0.305 e. The lowest BCUT2D eigenvalue weighted by Gasteiger charge is -2.13. The lowest BCUT2D eigenvalue weighted by molar-refractivity contribution is -0.137. The molecule has 4 heteroatoms. The molecule has 4 nitrogen and oxygen atoms in total. The van der Waals surface area contributed by atoms with Crippen molar-refractivity contribution in [1.82, 2.24) is 4.98 Å². The first-order valence-electron chi connectivity index (χ1n) is 5.05. The normalized spacial score (nSPS) is 12.1. The molecule has 1 unspecified atom stereocenters. The molecular formula is C11H16N2O2. The molecule has 1 rings (SSSR count). The number of nitrogens with zero attached hydrogens (tertiary/aromatic N) is 1. The summed E-state index contributed by atoms with van der Waals surface area (Å²) in [5, 5.41) is 11.7. The lowest BCUT2D eigenvalue weighted by atomic mass is 10.2. The molecule has 0 saturated carbocycles. The molecule has 0 radical (unpaired) electrons. The van der Waals surface area contributed by atoms with Gasteiger partial charge in [0, 0.05) is 23.6 Å². The van der Waals surface area contributed by atoms with Gasteiger partial charge in [0.1, 0.15) is 0 Å². The van der Waals surface area contributed by atoms with E-state index in [0.717, 1.165) is 17.8 Å². The van der Waals surface area contributed by atoms with E-state index in [2.05, 4.69) is 10.3 Å². The minimum atomic E-state index is -0.792. The number of carbonyl (C=O) groups is 1. The fraction of sp³-hybridized carbons (Fsp3) is 0.455. The van der Waals surface area contributed by atoms with E-state index in [1.54, 1.807) is 6.20 Å². The van der Waals surface area contributed by atoms with Crippen molar-refractivity contribution in [2.24, 2.45) is 0 Å². The smallest absolute Gasteiger partial charge is 0.305 e. The number of aryl methyl sites for hydroxylation is 1. The molecule has 0 bridgehead atoms. The highest BCUT2D eigenvalue weighted by molar-refractivity contribution is 5.68. The summed E-state index contributed by atoms with van der Waals surface area (Å²) < 4.78 is 0. The van der Waals surface area contributed by atoms with Crippen LogP contribution in [0.2, 0.25) is 0 Å².